The summed E-state index contributed by atoms with van der Waals surface area (Å²) in [5.74, 6) is -0.163. The van der Waals surface area contributed by atoms with Gasteiger partial charge in [-0.15, -0.1) is 11.8 Å². The molecule has 1 aliphatic carbocycles. The van der Waals surface area contributed by atoms with Crippen LogP contribution in [-0.2, 0) is 14.0 Å². The summed E-state index contributed by atoms with van der Waals surface area (Å²) in [6, 6.07) is 0. The van der Waals surface area contributed by atoms with Crippen LogP contribution in [0.5, 0.6) is 0 Å². The van der Waals surface area contributed by atoms with Crippen LogP contribution in [0.3, 0.4) is 0 Å². The van der Waals surface area contributed by atoms with E-state index in [4.69, 9.17) is 9.16 Å². The molecule has 0 radical (unpaired) electrons. The molecule has 0 amide bonds. The largest absolute Gasteiger partial charge is 0.451 e. The number of esters is 1. The number of carbonyl (C=O) groups excluding carboxylic acids is 1. The second-order valence-corrected chi connectivity index (χ2v) is 14.4. The topological polar surface area (TPSA) is 35.5 Å². The molecular formula is C16H30O3SSi. The monoisotopic (exact) mass is 330 g/mol. The van der Waals surface area contributed by atoms with E-state index >= 15 is 0 Å². The first-order valence-electron chi connectivity index (χ1n) is 8.09. The molecule has 2 fully saturated rings. The van der Waals surface area contributed by atoms with Crippen LogP contribution in [0.4, 0.5) is 0 Å². The Morgan fingerprint density at radius 3 is 2.48 bits per heavy atom. The first kappa shape index (κ1) is 17.4. The van der Waals surface area contributed by atoms with Gasteiger partial charge in [-0.2, -0.15) is 0 Å². The van der Waals surface area contributed by atoms with E-state index in [1.807, 2.05) is 11.8 Å². The van der Waals surface area contributed by atoms with Crippen LogP contribution in [-0.4, -0.2) is 30.6 Å². The molecule has 122 valence electrons. The zero-order valence-electron chi connectivity index (χ0n) is 14.3. The summed E-state index contributed by atoms with van der Waals surface area (Å²) in [5, 5.41) is 0.245. The molecule has 21 heavy (non-hydrogen) atoms. The Morgan fingerprint density at radius 1 is 1.24 bits per heavy atom. The Bertz CT molecular complexity index is 405. The number of carbonyl (C=O) groups is 1. The zero-order valence-corrected chi connectivity index (χ0v) is 16.1. The minimum absolute atomic E-state index is 0.0334. The van der Waals surface area contributed by atoms with Gasteiger partial charge in [-0.05, 0) is 50.2 Å². The SMILES string of the molecule is CC(=O)O[C@H]1CC[C@]2(CCC[C@@H]2O[Si](C)(C)C(C)(C)C)S1. The lowest BCUT2D eigenvalue weighted by atomic mass is 9.99. The molecule has 2 aliphatic rings. The van der Waals surface area contributed by atoms with Crippen molar-refractivity contribution in [3.8, 4) is 0 Å². The molecule has 0 bridgehead atoms. The average molecular weight is 331 g/mol. The summed E-state index contributed by atoms with van der Waals surface area (Å²) in [4.78, 5) is 11.2. The van der Waals surface area contributed by atoms with Gasteiger partial charge < -0.3 is 9.16 Å². The highest BCUT2D eigenvalue weighted by Gasteiger charge is 2.53. The van der Waals surface area contributed by atoms with Crippen molar-refractivity contribution in [2.75, 3.05) is 0 Å². The van der Waals surface area contributed by atoms with Gasteiger partial charge in [0, 0.05) is 11.7 Å². The fourth-order valence-electron chi connectivity index (χ4n) is 3.14. The standard InChI is InChI=1S/C16H30O3SSi/c1-12(17)18-14-9-11-16(20-14)10-7-8-13(16)19-21(5,6)15(2,3)4/h13-14H,7-11H2,1-6H3/t13-,14+,16-/m0/s1. The molecule has 0 aromatic rings. The molecule has 0 aromatic carbocycles. The lowest BCUT2D eigenvalue weighted by Gasteiger charge is -2.42. The van der Waals surface area contributed by atoms with Gasteiger partial charge in [0.05, 0.1) is 6.10 Å². The number of ether oxygens (including phenoxy) is 1. The van der Waals surface area contributed by atoms with Gasteiger partial charge in [-0.1, -0.05) is 20.8 Å². The van der Waals surface area contributed by atoms with Gasteiger partial charge in [-0.25, -0.2) is 0 Å². The molecule has 3 atom stereocenters. The second-order valence-electron chi connectivity index (χ2n) is 8.02. The molecule has 0 N–H and O–H groups in total. The van der Waals surface area contributed by atoms with Crippen molar-refractivity contribution in [1.29, 1.82) is 0 Å². The van der Waals surface area contributed by atoms with Crippen molar-refractivity contribution in [3.05, 3.63) is 0 Å². The maximum atomic E-state index is 11.2. The van der Waals surface area contributed by atoms with Crippen LogP contribution in [0.1, 0.15) is 59.8 Å². The minimum atomic E-state index is -1.74. The highest BCUT2D eigenvalue weighted by Crippen LogP contribution is 2.55. The third kappa shape index (κ3) is 3.67. The van der Waals surface area contributed by atoms with Crippen molar-refractivity contribution in [2.45, 2.75) is 94.2 Å². The van der Waals surface area contributed by atoms with E-state index in [-0.39, 0.29) is 21.2 Å². The van der Waals surface area contributed by atoms with Crippen LogP contribution in [0.2, 0.25) is 18.1 Å². The molecule has 1 heterocycles. The Morgan fingerprint density at radius 2 is 1.90 bits per heavy atom. The van der Waals surface area contributed by atoms with Gasteiger partial charge in [0.2, 0.25) is 0 Å². The van der Waals surface area contributed by atoms with Crippen LogP contribution in [0.25, 0.3) is 0 Å². The van der Waals surface area contributed by atoms with Crippen molar-refractivity contribution >= 4 is 26.0 Å². The number of thioether (sulfide) groups is 1. The number of hydrogen-bond acceptors (Lipinski definition) is 4. The van der Waals surface area contributed by atoms with Crippen LogP contribution in [0.15, 0.2) is 0 Å². The highest BCUT2D eigenvalue weighted by molar-refractivity contribution is 8.01. The third-order valence-electron chi connectivity index (χ3n) is 5.36. The lowest BCUT2D eigenvalue weighted by molar-refractivity contribution is -0.142. The lowest BCUT2D eigenvalue weighted by Crippen LogP contribution is -2.48. The summed E-state index contributed by atoms with van der Waals surface area (Å²) in [5.41, 5.74) is 0.0334. The van der Waals surface area contributed by atoms with Gasteiger partial charge in [-0.3, -0.25) is 4.79 Å². The fourth-order valence-corrected chi connectivity index (χ4v) is 6.39. The number of hydrogen-bond donors (Lipinski definition) is 0. The smallest absolute Gasteiger partial charge is 0.303 e. The second kappa shape index (κ2) is 5.89. The maximum Gasteiger partial charge on any atom is 0.303 e. The Hall–Kier alpha value is -0.00312. The van der Waals surface area contributed by atoms with Crippen LogP contribution < -0.4 is 0 Å². The molecule has 5 heteroatoms. The molecule has 1 saturated heterocycles. The molecule has 1 aliphatic heterocycles. The third-order valence-corrected chi connectivity index (χ3v) is 11.6. The summed E-state index contributed by atoms with van der Waals surface area (Å²) < 4.78 is 12.3. The first-order chi connectivity index (χ1) is 9.56. The summed E-state index contributed by atoms with van der Waals surface area (Å²) in [7, 11) is -1.74. The summed E-state index contributed by atoms with van der Waals surface area (Å²) in [6.07, 6.45) is 6.03. The van der Waals surface area contributed by atoms with Gasteiger partial charge in [0.15, 0.2) is 8.32 Å². The van der Waals surface area contributed by atoms with E-state index in [1.54, 1.807) is 0 Å². The predicted octanol–water partition coefficient (Wildman–Crippen LogP) is 4.72. The molecule has 1 spiro atoms. The van der Waals surface area contributed by atoms with Crippen molar-refractivity contribution < 1.29 is 14.0 Å². The fraction of sp³-hybridized carbons (Fsp3) is 0.938. The quantitative estimate of drug-likeness (QED) is 0.554. The van der Waals surface area contributed by atoms with Gasteiger partial charge in [0.1, 0.15) is 5.44 Å². The Labute approximate surface area is 134 Å². The van der Waals surface area contributed by atoms with E-state index in [9.17, 15) is 4.79 Å². The van der Waals surface area contributed by atoms with Crippen LogP contribution in [0, 0.1) is 0 Å². The van der Waals surface area contributed by atoms with E-state index in [0.717, 1.165) is 19.3 Å². The van der Waals surface area contributed by atoms with Crippen LogP contribution >= 0.6 is 11.8 Å². The van der Waals surface area contributed by atoms with E-state index in [1.165, 1.54) is 19.8 Å². The average Bonchev–Trinajstić information content (AvgIpc) is 2.86. The first-order valence-corrected chi connectivity index (χ1v) is 11.9. The predicted molar refractivity (Wildman–Crippen MR) is 91.0 cm³/mol. The van der Waals surface area contributed by atoms with Gasteiger partial charge in [0.25, 0.3) is 0 Å². The van der Waals surface area contributed by atoms with E-state index < -0.39 is 8.32 Å². The number of rotatable bonds is 3. The zero-order chi connectivity index (χ0) is 15.9. The normalized spacial score (nSPS) is 33.6. The molecule has 3 nitrogen and oxygen atoms in total. The van der Waals surface area contributed by atoms with Crippen molar-refractivity contribution in [3.63, 3.8) is 0 Å². The highest BCUT2D eigenvalue weighted by atomic mass is 32.2. The summed E-state index contributed by atoms with van der Waals surface area (Å²) >= 11 is 1.86. The van der Waals surface area contributed by atoms with E-state index in [2.05, 4.69) is 33.9 Å². The Kier molecular flexibility index (Phi) is 4.87. The van der Waals surface area contributed by atoms with Crippen molar-refractivity contribution in [2.24, 2.45) is 0 Å². The summed E-state index contributed by atoms with van der Waals surface area (Å²) in [6.45, 7) is 13.1. The van der Waals surface area contributed by atoms with Crippen molar-refractivity contribution in [1.82, 2.24) is 0 Å². The molecule has 2 rings (SSSR count). The minimum Gasteiger partial charge on any atom is -0.451 e. The Balaban J connectivity index is 2.06. The molecule has 0 aromatic heterocycles. The molecule has 1 saturated carbocycles. The van der Waals surface area contributed by atoms with E-state index in [0.29, 0.717) is 6.10 Å². The maximum absolute atomic E-state index is 11.2. The van der Waals surface area contributed by atoms with Gasteiger partial charge >= 0.3 is 5.97 Å². The molecular weight excluding hydrogens is 300 g/mol. The molecule has 0 unspecified atom stereocenters.